The topological polar surface area (TPSA) is 157 Å². The number of nitrogens with zero attached hydrogens (tertiary/aromatic N) is 2. The van der Waals surface area contributed by atoms with Crippen LogP contribution in [-0.4, -0.2) is 76.8 Å². The van der Waals surface area contributed by atoms with Crippen LogP contribution in [0.3, 0.4) is 0 Å². The van der Waals surface area contributed by atoms with Crippen molar-refractivity contribution >= 4 is 39.5 Å². The van der Waals surface area contributed by atoms with Gasteiger partial charge in [0.25, 0.3) is 0 Å². The average molecular weight is 440 g/mol. The molecule has 2 amide bonds. The fraction of sp³-hybridized carbons (Fsp3) is 0.667. The molecular weight excluding hydrogens is 414 g/mol. The lowest BCUT2D eigenvalue weighted by atomic mass is 10.2. The first-order chi connectivity index (χ1) is 12.7. The molecule has 0 radical (unpaired) electrons. The van der Waals surface area contributed by atoms with E-state index in [2.05, 4.69) is 6.58 Å². The monoisotopic (exact) mass is 439 g/mol. The number of ether oxygens (including phenoxy) is 2. The van der Waals surface area contributed by atoms with Crippen LogP contribution in [0.5, 0.6) is 0 Å². The van der Waals surface area contributed by atoms with Gasteiger partial charge in [-0.15, -0.1) is 0 Å². The van der Waals surface area contributed by atoms with Gasteiger partial charge in [-0.25, -0.2) is 19.5 Å². The van der Waals surface area contributed by atoms with Crippen molar-refractivity contribution in [3.05, 3.63) is 12.7 Å². The first-order valence-corrected chi connectivity index (χ1v) is 10.6. The molecular formula is C15H25N3O8S2. The second-order valence-electron chi connectivity index (χ2n) is 6.97. The van der Waals surface area contributed by atoms with Gasteiger partial charge < -0.3 is 19.5 Å². The van der Waals surface area contributed by atoms with E-state index in [9.17, 15) is 22.8 Å². The highest BCUT2D eigenvalue weighted by atomic mass is 32.2. The molecule has 1 aliphatic rings. The standard InChI is InChI=1S/C15H25N3O8S2/c1-5-6-25-12(19)17-9-11(27-14(21)22)7-10(17)8-18(28(16,23)24)13(20)26-15(2,3)4/h5,10-11H,1,6-9H2,2-4H3,(H,21,22)(H2,16,23,24)/t10-,11?/m0/s1. The number of likely N-dealkylation sites (tertiary alicyclic amines) is 1. The summed E-state index contributed by atoms with van der Waals surface area (Å²) in [6.45, 7) is 7.53. The Balaban J connectivity index is 3.06. The van der Waals surface area contributed by atoms with Gasteiger partial charge in [-0.05, 0) is 39.0 Å². The molecule has 0 saturated carbocycles. The highest BCUT2D eigenvalue weighted by molar-refractivity contribution is 8.13. The van der Waals surface area contributed by atoms with Gasteiger partial charge in [-0.3, -0.25) is 0 Å². The lowest BCUT2D eigenvalue weighted by Gasteiger charge is -2.30. The lowest BCUT2D eigenvalue weighted by Crippen LogP contribution is -2.50. The van der Waals surface area contributed by atoms with Crippen LogP contribution in [0.4, 0.5) is 14.4 Å². The Hall–Kier alpha value is -1.99. The zero-order valence-electron chi connectivity index (χ0n) is 15.9. The van der Waals surface area contributed by atoms with Crippen molar-refractivity contribution in [3.63, 3.8) is 0 Å². The van der Waals surface area contributed by atoms with Crippen molar-refractivity contribution in [1.29, 1.82) is 0 Å². The van der Waals surface area contributed by atoms with Crippen LogP contribution in [0, 0.1) is 0 Å². The molecule has 160 valence electrons. The molecule has 1 aliphatic heterocycles. The molecule has 0 aromatic rings. The Morgan fingerprint density at radius 2 is 2.00 bits per heavy atom. The Kier molecular flexibility index (Phi) is 8.14. The Morgan fingerprint density at radius 3 is 2.46 bits per heavy atom. The van der Waals surface area contributed by atoms with Gasteiger partial charge in [0.05, 0.1) is 12.6 Å². The van der Waals surface area contributed by atoms with Gasteiger partial charge in [0.15, 0.2) is 0 Å². The SMILES string of the molecule is C=CCOC(=O)N1CC(SC(=O)O)C[C@H]1CN(C(=O)OC(C)(C)C)S(N)(=O)=O. The molecule has 0 bridgehead atoms. The summed E-state index contributed by atoms with van der Waals surface area (Å²) in [5, 5.41) is 12.5. The molecule has 3 N–H and O–H groups in total. The minimum atomic E-state index is -4.49. The summed E-state index contributed by atoms with van der Waals surface area (Å²) < 4.78 is 34.2. The number of hydrogen-bond acceptors (Lipinski definition) is 8. The van der Waals surface area contributed by atoms with Crippen molar-refractivity contribution < 1.29 is 37.4 Å². The van der Waals surface area contributed by atoms with Crippen molar-refractivity contribution in [2.24, 2.45) is 5.14 Å². The van der Waals surface area contributed by atoms with E-state index in [1.54, 1.807) is 20.8 Å². The van der Waals surface area contributed by atoms with E-state index in [-0.39, 0.29) is 19.6 Å². The highest BCUT2D eigenvalue weighted by Gasteiger charge is 2.41. The van der Waals surface area contributed by atoms with E-state index < -0.39 is 51.1 Å². The molecule has 0 aromatic carbocycles. The summed E-state index contributed by atoms with van der Waals surface area (Å²) in [6, 6.07) is -0.833. The largest absolute Gasteiger partial charge is 0.473 e. The fourth-order valence-electron chi connectivity index (χ4n) is 2.50. The van der Waals surface area contributed by atoms with Crippen LogP contribution < -0.4 is 5.14 Å². The van der Waals surface area contributed by atoms with Crippen LogP contribution in [-0.2, 0) is 19.7 Å². The zero-order chi connectivity index (χ0) is 21.7. The normalized spacial score (nSPS) is 19.8. The highest BCUT2D eigenvalue weighted by Crippen LogP contribution is 2.30. The summed E-state index contributed by atoms with van der Waals surface area (Å²) in [6.07, 6.45) is -0.501. The summed E-state index contributed by atoms with van der Waals surface area (Å²) in [5.41, 5.74) is -0.972. The Bertz CT molecular complexity index is 719. The fourth-order valence-corrected chi connectivity index (χ4v) is 3.96. The molecule has 1 unspecified atom stereocenters. The summed E-state index contributed by atoms with van der Waals surface area (Å²) in [7, 11) is -4.49. The van der Waals surface area contributed by atoms with Crippen LogP contribution in [0.1, 0.15) is 27.2 Å². The number of carbonyl (C=O) groups excluding carboxylic acids is 2. The maximum absolute atomic E-state index is 12.3. The third kappa shape index (κ3) is 7.56. The molecule has 0 aliphatic carbocycles. The van der Waals surface area contributed by atoms with E-state index in [1.165, 1.54) is 11.0 Å². The third-order valence-electron chi connectivity index (χ3n) is 3.48. The predicted octanol–water partition coefficient (Wildman–Crippen LogP) is 1.60. The van der Waals surface area contributed by atoms with Crippen molar-refractivity contribution in [3.8, 4) is 0 Å². The molecule has 1 saturated heterocycles. The third-order valence-corrected chi connectivity index (χ3v) is 5.27. The molecule has 2 atom stereocenters. The Labute approximate surface area is 168 Å². The molecule has 13 heteroatoms. The van der Waals surface area contributed by atoms with Crippen molar-refractivity contribution in [1.82, 2.24) is 9.21 Å². The summed E-state index contributed by atoms with van der Waals surface area (Å²) in [4.78, 5) is 36.7. The molecule has 0 aromatic heterocycles. The summed E-state index contributed by atoms with van der Waals surface area (Å²) >= 11 is 0.595. The number of carboxylic acid groups (broad SMARTS) is 1. The van der Waals surface area contributed by atoms with Gasteiger partial charge in [-0.1, -0.05) is 12.7 Å². The van der Waals surface area contributed by atoms with Gasteiger partial charge >= 0.3 is 27.7 Å². The van der Waals surface area contributed by atoms with Gasteiger partial charge in [0.2, 0.25) is 0 Å². The molecule has 11 nitrogen and oxygen atoms in total. The molecule has 1 rings (SSSR count). The van der Waals surface area contributed by atoms with Crippen molar-refractivity contribution in [2.75, 3.05) is 19.7 Å². The minimum Gasteiger partial charge on any atom is -0.473 e. The second kappa shape index (κ2) is 9.47. The van der Waals surface area contributed by atoms with Crippen LogP contribution >= 0.6 is 11.8 Å². The molecule has 1 heterocycles. The van der Waals surface area contributed by atoms with E-state index in [0.717, 1.165) is 0 Å². The maximum atomic E-state index is 12.3. The van der Waals surface area contributed by atoms with Crippen LogP contribution in [0.2, 0.25) is 0 Å². The average Bonchev–Trinajstić information content (AvgIpc) is 2.89. The van der Waals surface area contributed by atoms with Gasteiger partial charge in [0.1, 0.15) is 12.2 Å². The zero-order valence-corrected chi connectivity index (χ0v) is 17.5. The number of amides is 2. The number of thioether (sulfide) groups is 1. The number of rotatable bonds is 6. The van der Waals surface area contributed by atoms with Gasteiger partial charge in [-0.2, -0.15) is 12.7 Å². The number of hydrogen-bond donors (Lipinski definition) is 2. The van der Waals surface area contributed by atoms with Gasteiger partial charge in [0, 0.05) is 11.8 Å². The molecule has 28 heavy (non-hydrogen) atoms. The van der Waals surface area contributed by atoms with E-state index >= 15 is 0 Å². The molecule has 1 fully saturated rings. The van der Waals surface area contributed by atoms with Crippen molar-refractivity contribution in [2.45, 2.75) is 44.1 Å². The molecule has 0 spiro atoms. The Morgan fingerprint density at radius 1 is 1.39 bits per heavy atom. The summed E-state index contributed by atoms with van der Waals surface area (Å²) in [5.74, 6) is 0. The van der Waals surface area contributed by atoms with E-state index in [0.29, 0.717) is 16.1 Å². The number of carbonyl (C=O) groups is 3. The van der Waals surface area contributed by atoms with Crippen LogP contribution in [0.25, 0.3) is 0 Å². The minimum absolute atomic E-state index is 0.00435. The number of nitrogens with two attached hydrogens (primary N) is 1. The van der Waals surface area contributed by atoms with E-state index in [4.69, 9.17) is 19.7 Å². The first kappa shape index (κ1) is 24.0. The second-order valence-corrected chi connectivity index (χ2v) is 9.69. The van der Waals surface area contributed by atoms with E-state index in [1.807, 2.05) is 0 Å². The van der Waals surface area contributed by atoms with Crippen LogP contribution in [0.15, 0.2) is 12.7 Å². The smallest absolute Gasteiger partial charge is 0.425 e. The quantitative estimate of drug-likeness (QED) is 0.587. The predicted molar refractivity (Wildman–Crippen MR) is 102 cm³/mol. The first-order valence-electron chi connectivity index (χ1n) is 8.22. The maximum Gasteiger partial charge on any atom is 0.425 e. The lowest BCUT2D eigenvalue weighted by molar-refractivity contribution is 0.0354.